The topological polar surface area (TPSA) is 122 Å². The van der Waals surface area contributed by atoms with Gasteiger partial charge in [0.25, 0.3) is 5.91 Å². The molecule has 1 aromatic carbocycles. The Hall–Kier alpha value is -4.52. The number of anilines is 1. The Morgan fingerprint density at radius 1 is 1.11 bits per heavy atom. The molecule has 5 rings (SSSR count). The molecule has 238 valence electrons. The monoisotopic (exact) mass is 624 g/mol. The first kappa shape index (κ1) is 31.9. The molecular weight excluding hydrogens is 589 g/mol. The molecule has 2 N–H and O–H groups in total. The standard InChI is InChI=1S/C32H35F3N6O4/c1-3-12-31(2,44)22-10-14-40(15-11-22)29(42)19-41-18-21-16-26(38-30(43)24-8-6-9-28(37-24)32(33,34)35)27(17-25(21)39-41)45-20-23-7-4-5-13-36-23/h4-9,13,16-18,22,44H,3,10-12,14-15,19-20H2,1-2H3,(H,38,43). The normalized spacial score (nSPS) is 15.6. The first-order valence-corrected chi connectivity index (χ1v) is 14.8. The largest absolute Gasteiger partial charge is 0.485 e. The summed E-state index contributed by atoms with van der Waals surface area (Å²) in [5.41, 5.74) is -1.05. The van der Waals surface area contributed by atoms with Gasteiger partial charge in [0.05, 0.1) is 22.5 Å². The number of halogens is 3. The first-order chi connectivity index (χ1) is 21.4. The van der Waals surface area contributed by atoms with Crippen molar-refractivity contribution >= 4 is 28.4 Å². The fourth-order valence-corrected chi connectivity index (χ4v) is 5.64. The quantitative estimate of drug-likeness (QED) is 0.240. The number of alkyl halides is 3. The van der Waals surface area contributed by atoms with Gasteiger partial charge in [0.15, 0.2) is 0 Å². The van der Waals surface area contributed by atoms with Crippen molar-refractivity contribution in [2.75, 3.05) is 18.4 Å². The van der Waals surface area contributed by atoms with Crippen LogP contribution in [0.4, 0.5) is 18.9 Å². The molecule has 13 heteroatoms. The second-order valence-electron chi connectivity index (χ2n) is 11.5. The molecule has 0 spiro atoms. The minimum Gasteiger partial charge on any atom is -0.485 e. The molecule has 1 atom stereocenters. The molecule has 0 radical (unpaired) electrons. The molecule has 1 saturated heterocycles. The lowest BCUT2D eigenvalue weighted by Crippen LogP contribution is -2.46. The van der Waals surface area contributed by atoms with E-state index in [1.807, 2.05) is 13.8 Å². The molecule has 0 bridgehead atoms. The Balaban J connectivity index is 1.35. The van der Waals surface area contributed by atoms with Crippen molar-refractivity contribution in [3.8, 4) is 5.75 Å². The highest BCUT2D eigenvalue weighted by Gasteiger charge is 2.35. The van der Waals surface area contributed by atoms with Crippen molar-refractivity contribution in [1.82, 2.24) is 24.6 Å². The molecule has 1 aliphatic rings. The van der Waals surface area contributed by atoms with Crippen molar-refractivity contribution in [3.05, 3.63) is 78.0 Å². The summed E-state index contributed by atoms with van der Waals surface area (Å²) in [6.07, 6.45) is 1.62. The third-order valence-corrected chi connectivity index (χ3v) is 8.06. The average molecular weight is 625 g/mol. The van der Waals surface area contributed by atoms with E-state index >= 15 is 0 Å². The summed E-state index contributed by atoms with van der Waals surface area (Å²) in [5, 5.41) is 18.5. The van der Waals surface area contributed by atoms with Gasteiger partial charge in [-0.25, -0.2) is 4.98 Å². The molecule has 2 amide bonds. The number of nitrogens with one attached hydrogen (secondary N) is 1. The van der Waals surface area contributed by atoms with Crippen LogP contribution in [-0.2, 0) is 24.1 Å². The van der Waals surface area contributed by atoms with E-state index in [1.165, 1.54) is 10.7 Å². The number of hydrogen-bond donors (Lipinski definition) is 2. The number of ether oxygens (including phenoxy) is 1. The Morgan fingerprint density at radius 2 is 1.89 bits per heavy atom. The Kier molecular flexibility index (Phi) is 9.37. The summed E-state index contributed by atoms with van der Waals surface area (Å²) in [6.45, 7) is 5.06. The zero-order valence-corrected chi connectivity index (χ0v) is 25.0. The summed E-state index contributed by atoms with van der Waals surface area (Å²) >= 11 is 0. The van der Waals surface area contributed by atoms with E-state index < -0.39 is 29.1 Å². The van der Waals surface area contributed by atoms with Crippen LogP contribution >= 0.6 is 0 Å². The molecule has 3 aromatic heterocycles. The van der Waals surface area contributed by atoms with Crippen molar-refractivity contribution in [2.24, 2.45) is 5.92 Å². The maximum atomic E-state index is 13.2. The fraction of sp³-hybridized carbons (Fsp3) is 0.406. The van der Waals surface area contributed by atoms with Gasteiger partial charge in [-0.15, -0.1) is 0 Å². The number of hydrogen-bond acceptors (Lipinski definition) is 7. The molecule has 10 nitrogen and oxygen atoms in total. The zero-order chi connectivity index (χ0) is 32.2. The summed E-state index contributed by atoms with van der Waals surface area (Å²) in [6, 6.07) is 11.6. The van der Waals surface area contributed by atoms with E-state index in [9.17, 15) is 27.9 Å². The van der Waals surface area contributed by atoms with Crippen molar-refractivity contribution in [2.45, 2.75) is 64.5 Å². The van der Waals surface area contributed by atoms with Crippen molar-refractivity contribution < 1.29 is 32.6 Å². The van der Waals surface area contributed by atoms with Crippen molar-refractivity contribution in [3.63, 3.8) is 0 Å². The Bertz CT molecular complexity index is 1650. The third-order valence-electron chi connectivity index (χ3n) is 8.06. The number of rotatable bonds is 10. The first-order valence-electron chi connectivity index (χ1n) is 14.8. The summed E-state index contributed by atoms with van der Waals surface area (Å²) in [7, 11) is 0. The van der Waals surface area contributed by atoms with Crippen LogP contribution in [0.1, 0.15) is 61.4 Å². The molecule has 4 heterocycles. The maximum absolute atomic E-state index is 13.2. The number of amides is 2. The second-order valence-corrected chi connectivity index (χ2v) is 11.5. The number of benzene rings is 1. The van der Waals surface area contributed by atoms with E-state index in [1.54, 1.807) is 47.6 Å². The van der Waals surface area contributed by atoms with E-state index in [0.29, 0.717) is 29.7 Å². The number of carbonyl (C=O) groups excluding carboxylic acids is 2. The van der Waals surface area contributed by atoms with Crippen LogP contribution in [0.3, 0.4) is 0 Å². The molecule has 0 saturated carbocycles. The molecule has 1 unspecified atom stereocenters. The van der Waals surface area contributed by atoms with E-state index in [2.05, 4.69) is 20.4 Å². The summed E-state index contributed by atoms with van der Waals surface area (Å²) in [5.74, 6) is -0.608. The molecule has 45 heavy (non-hydrogen) atoms. The molecule has 1 fully saturated rings. The molecular formula is C32H35F3N6O4. The summed E-state index contributed by atoms with van der Waals surface area (Å²) in [4.78, 5) is 35.6. The van der Waals surface area contributed by atoms with Crippen LogP contribution in [0.5, 0.6) is 5.75 Å². The van der Waals surface area contributed by atoms with Gasteiger partial charge >= 0.3 is 6.18 Å². The van der Waals surface area contributed by atoms with E-state index in [4.69, 9.17) is 4.74 Å². The lowest BCUT2D eigenvalue weighted by Gasteiger charge is -2.39. The lowest BCUT2D eigenvalue weighted by molar-refractivity contribution is -0.141. The van der Waals surface area contributed by atoms with Crippen LogP contribution in [-0.4, -0.2) is 60.3 Å². The Morgan fingerprint density at radius 3 is 2.58 bits per heavy atom. The van der Waals surface area contributed by atoms with Crippen molar-refractivity contribution in [1.29, 1.82) is 0 Å². The van der Waals surface area contributed by atoms with E-state index in [-0.39, 0.29) is 36.4 Å². The Labute approximate surface area is 258 Å². The van der Waals surface area contributed by atoms with Crippen LogP contribution in [0.15, 0.2) is 60.9 Å². The smallest absolute Gasteiger partial charge is 0.433 e. The number of carbonyl (C=O) groups is 2. The predicted molar refractivity (Wildman–Crippen MR) is 160 cm³/mol. The van der Waals surface area contributed by atoms with Gasteiger partial charge in [-0.05, 0) is 62.4 Å². The van der Waals surface area contributed by atoms with Crippen LogP contribution < -0.4 is 10.1 Å². The minimum atomic E-state index is -4.71. The lowest BCUT2D eigenvalue weighted by atomic mass is 9.79. The predicted octanol–water partition coefficient (Wildman–Crippen LogP) is 5.47. The van der Waals surface area contributed by atoms with Crippen LogP contribution in [0, 0.1) is 5.92 Å². The van der Waals surface area contributed by atoms with Gasteiger partial charge in [0.1, 0.15) is 30.3 Å². The van der Waals surface area contributed by atoms with Gasteiger partial charge in [-0.2, -0.15) is 18.3 Å². The number of aromatic nitrogens is 4. The maximum Gasteiger partial charge on any atom is 0.433 e. The number of likely N-dealkylation sites (tertiary alicyclic amines) is 1. The molecule has 1 aliphatic heterocycles. The number of nitrogens with zero attached hydrogens (tertiary/aromatic N) is 5. The number of pyridine rings is 2. The highest BCUT2D eigenvalue weighted by atomic mass is 19.4. The van der Waals surface area contributed by atoms with Crippen LogP contribution in [0.25, 0.3) is 10.9 Å². The highest BCUT2D eigenvalue weighted by Crippen LogP contribution is 2.33. The number of piperidine rings is 1. The summed E-state index contributed by atoms with van der Waals surface area (Å²) < 4.78 is 47.1. The number of fused-ring (bicyclic) bond motifs is 1. The zero-order valence-electron chi connectivity index (χ0n) is 25.0. The van der Waals surface area contributed by atoms with Gasteiger partial charge < -0.3 is 20.1 Å². The average Bonchev–Trinajstić information content (AvgIpc) is 3.40. The molecule has 0 aliphatic carbocycles. The highest BCUT2D eigenvalue weighted by molar-refractivity contribution is 6.05. The van der Waals surface area contributed by atoms with Gasteiger partial charge in [-0.3, -0.25) is 19.3 Å². The third kappa shape index (κ3) is 7.77. The SMILES string of the molecule is CCCC(C)(O)C1CCN(C(=O)Cn2cc3cc(NC(=O)c4cccc(C(F)(F)F)n4)c(OCc4ccccn4)cc3n2)CC1. The van der Waals surface area contributed by atoms with E-state index in [0.717, 1.165) is 37.8 Å². The molecule has 4 aromatic rings. The van der Waals surface area contributed by atoms with Crippen LogP contribution in [0.2, 0.25) is 0 Å². The van der Waals surface area contributed by atoms with Gasteiger partial charge in [0.2, 0.25) is 5.91 Å². The number of aliphatic hydroxyl groups is 1. The van der Waals surface area contributed by atoms with Gasteiger partial charge in [0, 0.05) is 36.9 Å². The van der Waals surface area contributed by atoms with Gasteiger partial charge in [-0.1, -0.05) is 25.5 Å². The fourth-order valence-electron chi connectivity index (χ4n) is 5.64. The minimum absolute atomic E-state index is 0.00925. The second kappa shape index (κ2) is 13.2.